The number of esters is 1. The van der Waals surface area contributed by atoms with Crippen LogP contribution in [-0.4, -0.2) is 101 Å². The van der Waals surface area contributed by atoms with Gasteiger partial charge < -0.3 is 29.1 Å². The van der Waals surface area contributed by atoms with Gasteiger partial charge in [-0.05, 0) is 35.9 Å². The second kappa shape index (κ2) is 10.4. The third kappa shape index (κ3) is 4.14. The van der Waals surface area contributed by atoms with Crippen LogP contribution < -0.4 is 14.5 Å². The Morgan fingerprint density at radius 3 is 1.74 bits per heavy atom. The number of Topliss-reactive ketones (excluding diaryl/α,β-unsaturated/α-hetero) is 1. The molecular weight excluding hydrogens is 586 g/mol. The van der Waals surface area contributed by atoms with E-state index in [1.165, 1.54) is 7.11 Å². The number of hydrogen-bond acceptors (Lipinski definition) is 9. The van der Waals surface area contributed by atoms with Gasteiger partial charge in [0.15, 0.2) is 0 Å². The van der Waals surface area contributed by atoms with Crippen LogP contribution in [0.3, 0.4) is 0 Å². The third-order valence-corrected chi connectivity index (χ3v) is 9.72. The van der Waals surface area contributed by atoms with Crippen molar-refractivity contribution in [2.75, 3.05) is 71.3 Å². The van der Waals surface area contributed by atoms with Gasteiger partial charge >= 0.3 is 5.97 Å². The number of nitrogens with one attached hydrogen (secondary N) is 1. The van der Waals surface area contributed by atoms with E-state index in [9.17, 15) is 24.6 Å². The van der Waals surface area contributed by atoms with Crippen LogP contribution in [-0.2, 0) is 19.7 Å². The molecule has 11 nitrogen and oxygen atoms in total. The van der Waals surface area contributed by atoms with E-state index in [0.717, 1.165) is 11.4 Å². The van der Waals surface area contributed by atoms with E-state index in [-0.39, 0.29) is 34.9 Å². The summed E-state index contributed by atoms with van der Waals surface area (Å²) in [4.78, 5) is 58.8. The third-order valence-electron chi connectivity index (χ3n) is 9.72. The Labute approximate surface area is 266 Å². The maximum absolute atomic E-state index is 13.7. The summed E-state index contributed by atoms with van der Waals surface area (Å²) in [5, 5.41) is 9.34. The number of fused-ring (bicyclic) bond motifs is 6. The molecule has 0 unspecified atom stereocenters. The van der Waals surface area contributed by atoms with Crippen molar-refractivity contribution in [1.29, 1.82) is 5.41 Å². The minimum Gasteiger partial charge on any atom is -0.465 e. The molecule has 1 spiro atoms. The quantitative estimate of drug-likeness (QED) is 0.431. The molecule has 3 heterocycles. The molecule has 2 saturated heterocycles. The second-order valence-electron chi connectivity index (χ2n) is 12.8. The molecule has 4 aliphatic rings. The molecule has 2 fully saturated rings. The molecule has 46 heavy (non-hydrogen) atoms. The first-order chi connectivity index (χ1) is 21.9. The van der Waals surface area contributed by atoms with Crippen molar-refractivity contribution in [3.63, 3.8) is 0 Å². The fourth-order valence-corrected chi connectivity index (χ4v) is 7.19. The van der Waals surface area contributed by atoms with Crippen molar-refractivity contribution in [2.24, 2.45) is 11.8 Å². The summed E-state index contributed by atoms with van der Waals surface area (Å²) < 4.78 is 11.6. The van der Waals surface area contributed by atoms with E-state index in [2.05, 4.69) is 9.80 Å². The molecular formula is C35H35N5O6. The van der Waals surface area contributed by atoms with Gasteiger partial charge in [-0.2, -0.15) is 0 Å². The van der Waals surface area contributed by atoms with E-state index in [0.29, 0.717) is 59.9 Å². The van der Waals surface area contributed by atoms with Crippen LogP contribution in [0.5, 0.6) is 11.5 Å². The first kappa shape index (κ1) is 29.5. The molecule has 1 N–H and O–H groups in total. The summed E-state index contributed by atoms with van der Waals surface area (Å²) in [6.07, 6.45) is 0. The smallest absolute Gasteiger partial charge is 0.337 e. The summed E-state index contributed by atoms with van der Waals surface area (Å²) in [5.74, 6) is 0.00583. The van der Waals surface area contributed by atoms with E-state index < -0.39 is 17.2 Å². The number of amides is 2. The number of ether oxygens (including phenoxy) is 2. The summed E-state index contributed by atoms with van der Waals surface area (Å²) >= 11 is 0. The topological polar surface area (TPSA) is 124 Å². The normalized spacial score (nSPS) is 17.8. The molecule has 3 aromatic carbocycles. The van der Waals surface area contributed by atoms with Crippen LogP contribution in [0.2, 0.25) is 0 Å². The van der Waals surface area contributed by atoms with Crippen LogP contribution >= 0.6 is 0 Å². The minimum atomic E-state index is -1.33. The molecule has 0 atom stereocenters. The highest BCUT2D eigenvalue weighted by molar-refractivity contribution is 6.53. The number of methoxy groups -OCH3 is 1. The highest BCUT2D eigenvalue weighted by atomic mass is 16.5. The maximum atomic E-state index is 13.7. The highest BCUT2D eigenvalue weighted by Crippen LogP contribution is 2.57. The number of nitrogens with zero attached hydrogens (tertiary/aromatic N) is 4. The minimum absolute atomic E-state index is 0.0855. The Balaban J connectivity index is 1.34. The van der Waals surface area contributed by atoms with Crippen LogP contribution in [0.15, 0.2) is 54.6 Å². The zero-order valence-corrected chi connectivity index (χ0v) is 26.4. The first-order valence-corrected chi connectivity index (χ1v) is 15.2. The lowest BCUT2D eigenvalue weighted by atomic mass is 9.67. The lowest BCUT2D eigenvalue weighted by Gasteiger charge is -2.43. The molecule has 0 saturated carbocycles. The summed E-state index contributed by atoms with van der Waals surface area (Å²) in [6.45, 7) is 2.29. The number of hydrogen-bond donors (Lipinski definition) is 1. The van der Waals surface area contributed by atoms with Gasteiger partial charge in [-0.1, -0.05) is 12.1 Å². The maximum Gasteiger partial charge on any atom is 0.337 e. The van der Waals surface area contributed by atoms with Crippen molar-refractivity contribution in [1.82, 2.24) is 9.80 Å². The Morgan fingerprint density at radius 2 is 1.28 bits per heavy atom. The fourth-order valence-electron chi connectivity index (χ4n) is 7.19. The van der Waals surface area contributed by atoms with E-state index in [1.807, 2.05) is 36.4 Å². The van der Waals surface area contributed by atoms with Crippen molar-refractivity contribution in [3.05, 3.63) is 82.4 Å². The van der Waals surface area contributed by atoms with E-state index >= 15 is 0 Å². The molecule has 0 aromatic heterocycles. The Kier molecular flexibility index (Phi) is 6.69. The number of carbonyl (C=O) groups excluding carboxylic acids is 4. The van der Waals surface area contributed by atoms with Gasteiger partial charge in [-0.3, -0.25) is 19.8 Å². The molecule has 0 bridgehead atoms. The van der Waals surface area contributed by atoms with E-state index in [1.54, 1.807) is 56.2 Å². The molecule has 236 valence electrons. The Bertz CT molecular complexity index is 1770. The summed E-state index contributed by atoms with van der Waals surface area (Å²) in [5.41, 5.74) is 2.68. The zero-order chi connectivity index (χ0) is 32.7. The largest absolute Gasteiger partial charge is 0.465 e. The van der Waals surface area contributed by atoms with Crippen LogP contribution in [0.25, 0.3) is 0 Å². The SMILES string of the molecule is COC(=O)c1ccc2c(c1)C1(C(=N)C2=O)c2ccc(N3CC(C(=O)N(C)C)C3)cc2Oc2cc(N3CC(C(=O)N(C)C)C3)ccc21. The average Bonchev–Trinajstić information content (AvgIpc) is 3.21. The van der Waals surface area contributed by atoms with Gasteiger partial charge in [0.1, 0.15) is 11.5 Å². The van der Waals surface area contributed by atoms with E-state index in [4.69, 9.17) is 9.47 Å². The molecule has 1 aliphatic carbocycles. The second-order valence-corrected chi connectivity index (χ2v) is 12.8. The first-order valence-electron chi connectivity index (χ1n) is 15.2. The standard InChI is InChI=1S/C35H35N5O6/c1-37(2)32(42)20-15-39(16-20)22-7-10-25-28(13-22)46-29-14-23(40-17-21(18-40)33(43)38(3)4)8-11-26(29)35(25)27-12-19(34(44)45-5)6-9-24(27)30(41)31(35)36/h6-14,20-21,36H,15-18H2,1-5H3. The van der Waals surface area contributed by atoms with Gasteiger partial charge in [0.2, 0.25) is 17.6 Å². The molecule has 11 heteroatoms. The zero-order valence-electron chi connectivity index (χ0n) is 26.4. The number of anilines is 2. The number of rotatable bonds is 5. The van der Waals surface area contributed by atoms with Crippen molar-refractivity contribution < 1.29 is 28.7 Å². The van der Waals surface area contributed by atoms with Crippen LogP contribution in [0.4, 0.5) is 11.4 Å². The fraction of sp³-hybridized carbons (Fsp3) is 0.343. The monoisotopic (exact) mass is 621 g/mol. The lowest BCUT2D eigenvalue weighted by molar-refractivity contribution is -0.134. The number of benzene rings is 3. The summed E-state index contributed by atoms with van der Waals surface area (Å²) in [7, 11) is 8.32. The van der Waals surface area contributed by atoms with Gasteiger partial charge in [-0.15, -0.1) is 0 Å². The number of carbonyl (C=O) groups is 4. The van der Waals surface area contributed by atoms with Crippen molar-refractivity contribution in [2.45, 2.75) is 5.41 Å². The Morgan fingerprint density at radius 1 is 0.783 bits per heavy atom. The van der Waals surface area contributed by atoms with Gasteiger partial charge in [0.25, 0.3) is 0 Å². The molecule has 0 radical (unpaired) electrons. The van der Waals surface area contributed by atoms with Crippen molar-refractivity contribution >= 4 is 40.7 Å². The predicted octanol–water partition coefficient (Wildman–Crippen LogP) is 3.18. The summed E-state index contributed by atoms with van der Waals surface area (Å²) in [6, 6.07) is 16.2. The molecule has 2 amide bonds. The van der Waals surface area contributed by atoms with Gasteiger partial charge in [-0.25, -0.2) is 4.79 Å². The van der Waals surface area contributed by atoms with Gasteiger partial charge in [0, 0.05) is 94.6 Å². The molecule has 7 rings (SSSR count). The molecule has 3 aromatic rings. The highest BCUT2D eigenvalue weighted by Gasteiger charge is 2.56. The number of ketones is 1. The van der Waals surface area contributed by atoms with Crippen molar-refractivity contribution in [3.8, 4) is 11.5 Å². The van der Waals surface area contributed by atoms with Crippen LogP contribution in [0.1, 0.15) is 37.4 Å². The molecule has 3 aliphatic heterocycles. The average molecular weight is 622 g/mol. The van der Waals surface area contributed by atoms with Crippen LogP contribution in [0, 0.1) is 17.2 Å². The Hall–Kier alpha value is -5.19. The van der Waals surface area contributed by atoms with Gasteiger partial charge in [0.05, 0.1) is 35.6 Å². The predicted molar refractivity (Wildman–Crippen MR) is 171 cm³/mol. The lowest BCUT2D eigenvalue weighted by Crippen LogP contribution is -2.53.